The van der Waals surface area contributed by atoms with Crippen molar-refractivity contribution < 1.29 is 75.8 Å². The summed E-state index contributed by atoms with van der Waals surface area (Å²) in [5.41, 5.74) is 6.72. The number of benzene rings is 7. The van der Waals surface area contributed by atoms with Gasteiger partial charge in [-0.2, -0.15) is 0 Å². The second-order valence-corrected chi connectivity index (χ2v) is 23.2. The van der Waals surface area contributed by atoms with E-state index in [0.717, 1.165) is 38.9 Å². The molecular weight excluding hydrogens is 1130 g/mol. The second-order valence-electron chi connectivity index (χ2n) is 23.2. The minimum Gasteiger partial charge on any atom is -0.382 e. The highest BCUT2D eigenvalue weighted by Crippen LogP contribution is 2.43. The molecule has 4 aliphatic rings. The highest BCUT2D eigenvalue weighted by Gasteiger charge is 2.60. The van der Waals surface area contributed by atoms with Crippen LogP contribution in [0.25, 0.3) is 0 Å². The van der Waals surface area contributed by atoms with E-state index in [0.29, 0.717) is 13.2 Å². The van der Waals surface area contributed by atoms with Gasteiger partial charge in [0.15, 0.2) is 24.7 Å². The molecule has 11 rings (SSSR count). The minimum atomic E-state index is -1.17. The van der Waals surface area contributed by atoms with Crippen molar-refractivity contribution in [1.82, 2.24) is 0 Å². The standard InChI is InChI=1S/C73H84O16/c1-51-61(78-44-54-30-16-7-17-31-54)64(79-45-55-32-18-8-19-33-55)67(80-46-56-34-20-9-21-35-56)71(83-51)87-65-62(59(49-75-42-52-26-12-5-13-27-52)84-70(77-41-40-74-4)68(65)81-47-57-36-22-10-23-37-57)86-72-69(82-48-58-38-24-11-25-39-58)66-63(88-73(2,3)89-66)60(85-72)50-76-43-53-28-14-6-15-29-53/h5-39,51,59-72H,40-50H2,1-4H3/t51-,59+,60+,61+,62+,63-,64+,65-,66-,67-,68+,69+,70+,71-,72-/m0/s1. The van der Waals surface area contributed by atoms with Crippen molar-refractivity contribution in [2.24, 2.45) is 0 Å². The van der Waals surface area contributed by atoms with Gasteiger partial charge < -0.3 is 75.8 Å². The molecule has 4 heterocycles. The van der Waals surface area contributed by atoms with E-state index < -0.39 is 97.9 Å². The van der Waals surface area contributed by atoms with Crippen LogP contribution in [0.3, 0.4) is 0 Å². The zero-order chi connectivity index (χ0) is 61.0. The number of ether oxygens (including phenoxy) is 16. The van der Waals surface area contributed by atoms with Gasteiger partial charge in [0, 0.05) is 7.11 Å². The summed E-state index contributed by atoms with van der Waals surface area (Å²) in [5, 5.41) is 0. The maximum atomic E-state index is 7.75. The maximum absolute atomic E-state index is 7.75. The lowest BCUT2D eigenvalue weighted by atomic mass is 9.95. The topological polar surface area (TPSA) is 148 Å². The largest absolute Gasteiger partial charge is 0.382 e. The molecule has 0 aliphatic carbocycles. The van der Waals surface area contributed by atoms with E-state index in [1.54, 1.807) is 7.11 Å². The summed E-state index contributed by atoms with van der Waals surface area (Å²) < 4.78 is 112. The molecule has 15 atom stereocenters. The third kappa shape index (κ3) is 18.1. The summed E-state index contributed by atoms with van der Waals surface area (Å²) in [6, 6.07) is 70.0. The van der Waals surface area contributed by atoms with Crippen LogP contribution in [-0.4, -0.2) is 131 Å². The molecule has 0 aromatic heterocycles. The third-order valence-electron chi connectivity index (χ3n) is 16.1. The van der Waals surface area contributed by atoms with Crippen molar-refractivity contribution in [3.05, 3.63) is 251 Å². The van der Waals surface area contributed by atoms with Crippen LogP contribution in [0, 0.1) is 0 Å². The Balaban J connectivity index is 1.01. The number of hydrogen-bond donors (Lipinski definition) is 0. The van der Waals surface area contributed by atoms with Gasteiger partial charge in [0.25, 0.3) is 0 Å². The third-order valence-corrected chi connectivity index (χ3v) is 16.1. The molecule has 4 aliphatic heterocycles. The van der Waals surface area contributed by atoms with Gasteiger partial charge in [-0.1, -0.05) is 212 Å². The average molecular weight is 1220 g/mol. The Bertz CT molecular complexity index is 3080. The summed E-state index contributed by atoms with van der Waals surface area (Å²) in [5.74, 6) is -1.03. The first-order chi connectivity index (χ1) is 43.7. The van der Waals surface area contributed by atoms with Crippen molar-refractivity contribution in [1.29, 1.82) is 0 Å². The quantitative estimate of drug-likeness (QED) is 0.0379. The van der Waals surface area contributed by atoms with Gasteiger partial charge in [0.05, 0.1) is 78.8 Å². The van der Waals surface area contributed by atoms with E-state index in [1.165, 1.54) is 0 Å². The van der Waals surface area contributed by atoms with Crippen LogP contribution in [0.5, 0.6) is 0 Å². The average Bonchev–Trinajstić information content (AvgIpc) is 1.92. The fourth-order valence-corrected chi connectivity index (χ4v) is 11.7. The lowest BCUT2D eigenvalue weighted by Gasteiger charge is -2.51. The Kier molecular flexibility index (Phi) is 23.7. The van der Waals surface area contributed by atoms with Gasteiger partial charge in [-0.25, -0.2) is 0 Å². The van der Waals surface area contributed by atoms with Crippen molar-refractivity contribution in [2.75, 3.05) is 33.5 Å². The second kappa shape index (κ2) is 32.8. The van der Waals surface area contributed by atoms with Gasteiger partial charge in [-0.3, -0.25) is 0 Å². The highest BCUT2D eigenvalue weighted by molar-refractivity contribution is 5.19. The van der Waals surface area contributed by atoms with E-state index in [4.69, 9.17) is 75.8 Å². The van der Waals surface area contributed by atoms with Crippen LogP contribution in [0.2, 0.25) is 0 Å². The summed E-state index contributed by atoms with van der Waals surface area (Å²) in [4.78, 5) is 0. The van der Waals surface area contributed by atoms with Crippen LogP contribution in [0.1, 0.15) is 59.7 Å². The van der Waals surface area contributed by atoms with Gasteiger partial charge in [-0.15, -0.1) is 0 Å². The Morgan fingerprint density at radius 3 is 1.12 bits per heavy atom. The first kappa shape index (κ1) is 64.4. The van der Waals surface area contributed by atoms with Crippen LogP contribution in [0.4, 0.5) is 0 Å². The monoisotopic (exact) mass is 1220 g/mol. The van der Waals surface area contributed by atoms with E-state index in [2.05, 4.69) is 0 Å². The van der Waals surface area contributed by atoms with Crippen LogP contribution in [-0.2, 0) is 122 Å². The van der Waals surface area contributed by atoms with E-state index in [1.807, 2.05) is 233 Å². The van der Waals surface area contributed by atoms with Crippen molar-refractivity contribution in [3.8, 4) is 0 Å². The van der Waals surface area contributed by atoms with Gasteiger partial charge in [-0.05, 0) is 59.7 Å². The minimum absolute atomic E-state index is 0.00755. The summed E-state index contributed by atoms with van der Waals surface area (Å²) in [6.45, 7) is 7.98. The molecule has 0 radical (unpaired) electrons. The molecule has 0 saturated carbocycles. The SMILES string of the molecule is COCCO[C@@H]1O[C@H](COCc2ccccc2)[C@@H](O[C@@H]2O[C@H](COCc3ccccc3)[C@@H]3OC(C)(C)O[C@@H]3[C@H]2OCc2ccccc2)[C@H](O[C@@H]2O[C@@H](C)[C@@H](OCc3ccccc3)[C@@H](OCc3ccccc3)[C@@H]2OCc2ccccc2)[C@H]1OCc1ccccc1. The number of hydrogen-bond acceptors (Lipinski definition) is 16. The molecule has 0 N–H and O–H groups in total. The van der Waals surface area contributed by atoms with Gasteiger partial charge in [0.2, 0.25) is 0 Å². The lowest BCUT2D eigenvalue weighted by molar-refractivity contribution is -0.394. The molecule has 16 nitrogen and oxygen atoms in total. The highest BCUT2D eigenvalue weighted by atomic mass is 16.8. The van der Waals surface area contributed by atoms with Crippen LogP contribution < -0.4 is 0 Å². The molecule has 0 amide bonds. The Hall–Kier alpha value is -6.10. The Labute approximate surface area is 523 Å². The van der Waals surface area contributed by atoms with Crippen molar-refractivity contribution in [2.45, 2.75) is 165 Å². The first-order valence-electron chi connectivity index (χ1n) is 31.0. The first-order valence-corrected chi connectivity index (χ1v) is 31.0. The Morgan fingerprint density at radius 1 is 0.326 bits per heavy atom. The fraction of sp³-hybridized carbons (Fsp3) is 0.425. The maximum Gasteiger partial charge on any atom is 0.187 e. The van der Waals surface area contributed by atoms with Crippen LogP contribution in [0.15, 0.2) is 212 Å². The lowest BCUT2D eigenvalue weighted by Crippen LogP contribution is -2.68. The van der Waals surface area contributed by atoms with E-state index >= 15 is 0 Å². The number of methoxy groups -OCH3 is 1. The molecule has 0 unspecified atom stereocenters. The fourth-order valence-electron chi connectivity index (χ4n) is 11.7. The van der Waals surface area contributed by atoms with Crippen molar-refractivity contribution >= 4 is 0 Å². The smallest absolute Gasteiger partial charge is 0.187 e. The summed E-state index contributed by atoms with van der Waals surface area (Å²) in [6.07, 6.45) is -13.4. The molecule has 7 aromatic carbocycles. The van der Waals surface area contributed by atoms with Gasteiger partial charge >= 0.3 is 0 Å². The zero-order valence-corrected chi connectivity index (χ0v) is 51.2. The number of fused-ring (bicyclic) bond motifs is 1. The molecule has 7 aromatic rings. The molecule has 4 saturated heterocycles. The molecule has 89 heavy (non-hydrogen) atoms. The molecule has 16 heteroatoms. The normalized spacial score (nSPS) is 28.3. The summed E-state index contributed by atoms with van der Waals surface area (Å²) in [7, 11) is 1.62. The predicted molar refractivity (Wildman–Crippen MR) is 330 cm³/mol. The Morgan fingerprint density at radius 2 is 0.674 bits per heavy atom. The zero-order valence-electron chi connectivity index (χ0n) is 51.2. The molecule has 4 fully saturated rings. The van der Waals surface area contributed by atoms with E-state index in [9.17, 15) is 0 Å². The predicted octanol–water partition coefficient (Wildman–Crippen LogP) is 11.5. The van der Waals surface area contributed by atoms with Crippen molar-refractivity contribution in [3.63, 3.8) is 0 Å². The van der Waals surface area contributed by atoms with E-state index in [-0.39, 0.29) is 59.5 Å². The molecular formula is C73H84O16. The number of rotatable bonds is 31. The van der Waals surface area contributed by atoms with Gasteiger partial charge in [0.1, 0.15) is 67.1 Å². The summed E-state index contributed by atoms with van der Waals surface area (Å²) >= 11 is 0. The van der Waals surface area contributed by atoms with Crippen LogP contribution >= 0.6 is 0 Å². The molecule has 472 valence electrons. The molecule has 0 bridgehead atoms. The molecule has 0 spiro atoms.